The van der Waals surface area contributed by atoms with E-state index >= 15 is 0 Å². The molecule has 0 amide bonds. The van der Waals surface area contributed by atoms with Gasteiger partial charge in [-0.1, -0.05) is 19.1 Å². The number of hydrogen-bond donors (Lipinski definition) is 0. The first-order valence-corrected chi connectivity index (χ1v) is 7.37. The maximum Gasteiger partial charge on any atom is 0.494 e. The molecule has 20 heavy (non-hydrogen) atoms. The first-order valence-electron chi connectivity index (χ1n) is 7.37. The van der Waals surface area contributed by atoms with E-state index in [9.17, 15) is 0 Å². The summed E-state index contributed by atoms with van der Waals surface area (Å²) >= 11 is 0. The third-order valence-electron chi connectivity index (χ3n) is 4.32. The molecule has 1 atom stereocenters. The molecular weight excluding hydrogens is 251 g/mol. The van der Waals surface area contributed by atoms with Crippen LogP contribution in [-0.4, -0.2) is 24.4 Å². The van der Waals surface area contributed by atoms with E-state index in [-0.39, 0.29) is 24.4 Å². The van der Waals surface area contributed by atoms with Gasteiger partial charge in [0, 0.05) is 0 Å². The van der Waals surface area contributed by atoms with Gasteiger partial charge in [0.05, 0.1) is 17.3 Å². The Hall–Kier alpha value is -0.995. The van der Waals surface area contributed by atoms with Gasteiger partial charge in [-0.2, -0.15) is 0 Å². The van der Waals surface area contributed by atoms with Gasteiger partial charge in [0.2, 0.25) is 0 Å². The van der Waals surface area contributed by atoms with Gasteiger partial charge in [-0.05, 0) is 58.6 Å². The van der Waals surface area contributed by atoms with Crippen molar-refractivity contribution in [3.63, 3.8) is 0 Å². The van der Waals surface area contributed by atoms with E-state index in [1.807, 2.05) is 24.3 Å². The average molecular weight is 276 g/mol. The third-order valence-corrected chi connectivity index (χ3v) is 4.32. The van der Waals surface area contributed by atoms with Crippen molar-refractivity contribution in [1.29, 1.82) is 0 Å². The third kappa shape index (κ3) is 3.02. The summed E-state index contributed by atoms with van der Waals surface area (Å²) in [6.07, 6.45) is 1.23. The fourth-order valence-electron chi connectivity index (χ4n) is 2.00. The molecule has 1 heterocycles. The van der Waals surface area contributed by atoms with Crippen LogP contribution in [0.5, 0.6) is 5.75 Å². The molecule has 0 aromatic heterocycles. The fourth-order valence-corrected chi connectivity index (χ4v) is 2.00. The van der Waals surface area contributed by atoms with E-state index in [0.717, 1.165) is 17.6 Å². The maximum atomic E-state index is 6.03. The lowest BCUT2D eigenvalue weighted by Crippen LogP contribution is -2.41. The van der Waals surface area contributed by atoms with Gasteiger partial charge in [0.25, 0.3) is 0 Å². The van der Waals surface area contributed by atoms with E-state index in [0.29, 0.717) is 0 Å². The SMILES string of the molecule is CC[C@@H](C)Oc1ccc(B2OC(C)(C)C(C)(C)O2)cc1. The Morgan fingerprint density at radius 3 is 2.00 bits per heavy atom. The molecule has 3 nitrogen and oxygen atoms in total. The lowest BCUT2D eigenvalue weighted by molar-refractivity contribution is 0.00578. The van der Waals surface area contributed by atoms with Crippen LogP contribution in [0.4, 0.5) is 0 Å². The van der Waals surface area contributed by atoms with Crippen molar-refractivity contribution in [1.82, 2.24) is 0 Å². The topological polar surface area (TPSA) is 27.7 Å². The molecule has 2 rings (SSSR count). The molecule has 0 spiro atoms. The van der Waals surface area contributed by atoms with Crippen LogP contribution in [0, 0.1) is 0 Å². The summed E-state index contributed by atoms with van der Waals surface area (Å²) in [6.45, 7) is 12.4. The largest absolute Gasteiger partial charge is 0.494 e. The van der Waals surface area contributed by atoms with Crippen molar-refractivity contribution < 1.29 is 14.0 Å². The Bertz CT molecular complexity index is 437. The summed E-state index contributed by atoms with van der Waals surface area (Å²) < 4.78 is 17.8. The normalized spacial score (nSPS) is 21.8. The van der Waals surface area contributed by atoms with Crippen LogP contribution in [-0.2, 0) is 9.31 Å². The van der Waals surface area contributed by atoms with Crippen LogP contribution >= 0.6 is 0 Å². The Morgan fingerprint density at radius 2 is 1.55 bits per heavy atom. The summed E-state index contributed by atoms with van der Waals surface area (Å²) in [5.41, 5.74) is 0.424. The highest BCUT2D eigenvalue weighted by Crippen LogP contribution is 2.36. The number of rotatable bonds is 4. The summed E-state index contributed by atoms with van der Waals surface area (Å²) in [5.74, 6) is 0.889. The van der Waals surface area contributed by atoms with Crippen LogP contribution in [0.2, 0.25) is 0 Å². The Balaban J connectivity index is 2.08. The van der Waals surface area contributed by atoms with Gasteiger partial charge in [-0.25, -0.2) is 0 Å². The molecule has 110 valence electrons. The molecule has 0 radical (unpaired) electrons. The zero-order valence-corrected chi connectivity index (χ0v) is 13.4. The van der Waals surface area contributed by atoms with Crippen molar-refractivity contribution in [3.05, 3.63) is 24.3 Å². The summed E-state index contributed by atoms with van der Waals surface area (Å²) in [7, 11) is -0.308. The Kier molecular flexibility index (Phi) is 4.17. The first-order chi connectivity index (χ1) is 9.25. The standard InChI is InChI=1S/C16H25BO3/c1-7-12(2)18-14-10-8-13(9-11-14)17-19-15(3,4)16(5,6)20-17/h8-12H,7H2,1-6H3/t12-/m1/s1. The van der Waals surface area contributed by atoms with Crippen molar-refractivity contribution in [3.8, 4) is 5.75 Å². The highest BCUT2D eigenvalue weighted by atomic mass is 16.7. The molecule has 0 N–H and O–H groups in total. The van der Waals surface area contributed by atoms with Gasteiger partial charge < -0.3 is 14.0 Å². The monoisotopic (exact) mass is 276 g/mol. The molecule has 0 saturated carbocycles. The molecular formula is C16H25BO3. The summed E-state index contributed by atoms with van der Waals surface area (Å²) in [6, 6.07) is 7.98. The van der Waals surface area contributed by atoms with Crippen LogP contribution in [0.3, 0.4) is 0 Å². The first kappa shape index (κ1) is 15.4. The van der Waals surface area contributed by atoms with Gasteiger partial charge in [-0.3, -0.25) is 0 Å². The molecule has 0 bridgehead atoms. The van der Waals surface area contributed by atoms with Crippen molar-refractivity contribution >= 4 is 12.6 Å². The van der Waals surface area contributed by atoms with Gasteiger partial charge in [-0.15, -0.1) is 0 Å². The Labute approximate surface area is 122 Å². The van der Waals surface area contributed by atoms with E-state index in [1.54, 1.807) is 0 Å². The van der Waals surface area contributed by atoms with Gasteiger partial charge >= 0.3 is 7.12 Å². The zero-order chi connectivity index (χ0) is 15.0. The molecule has 1 saturated heterocycles. The number of benzene rings is 1. The van der Waals surface area contributed by atoms with E-state index in [4.69, 9.17) is 14.0 Å². The molecule has 0 unspecified atom stereocenters. The molecule has 1 aromatic carbocycles. The number of hydrogen-bond acceptors (Lipinski definition) is 3. The van der Waals surface area contributed by atoms with Crippen LogP contribution in [0.25, 0.3) is 0 Å². The fraction of sp³-hybridized carbons (Fsp3) is 0.625. The molecule has 0 aliphatic carbocycles. The zero-order valence-electron chi connectivity index (χ0n) is 13.4. The highest BCUT2D eigenvalue weighted by Gasteiger charge is 2.51. The second-order valence-electron chi connectivity index (χ2n) is 6.49. The molecule has 1 aliphatic rings. The quantitative estimate of drug-likeness (QED) is 0.791. The van der Waals surface area contributed by atoms with Crippen molar-refractivity contribution in [2.45, 2.75) is 65.3 Å². The highest BCUT2D eigenvalue weighted by molar-refractivity contribution is 6.62. The second kappa shape index (κ2) is 5.42. The Morgan fingerprint density at radius 1 is 1.05 bits per heavy atom. The smallest absolute Gasteiger partial charge is 0.491 e. The number of ether oxygens (including phenoxy) is 1. The predicted molar refractivity (Wildman–Crippen MR) is 82.5 cm³/mol. The van der Waals surface area contributed by atoms with E-state index < -0.39 is 0 Å². The molecule has 1 aliphatic heterocycles. The van der Waals surface area contributed by atoms with Crippen LogP contribution in [0.15, 0.2) is 24.3 Å². The van der Waals surface area contributed by atoms with E-state index in [1.165, 1.54) is 0 Å². The lowest BCUT2D eigenvalue weighted by Gasteiger charge is -2.32. The lowest BCUT2D eigenvalue weighted by atomic mass is 9.79. The summed E-state index contributed by atoms with van der Waals surface area (Å²) in [4.78, 5) is 0. The molecule has 1 aromatic rings. The van der Waals surface area contributed by atoms with Gasteiger partial charge in [0.15, 0.2) is 0 Å². The van der Waals surface area contributed by atoms with Crippen LogP contribution < -0.4 is 10.2 Å². The van der Waals surface area contributed by atoms with E-state index in [2.05, 4.69) is 41.5 Å². The van der Waals surface area contributed by atoms with Crippen LogP contribution in [0.1, 0.15) is 48.0 Å². The minimum atomic E-state index is -0.308. The molecule has 4 heteroatoms. The van der Waals surface area contributed by atoms with Gasteiger partial charge in [0.1, 0.15) is 5.75 Å². The minimum Gasteiger partial charge on any atom is -0.491 e. The summed E-state index contributed by atoms with van der Waals surface area (Å²) in [5, 5.41) is 0. The van der Waals surface area contributed by atoms with Crippen molar-refractivity contribution in [2.24, 2.45) is 0 Å². The average Bonchev–Trinajstić information content (AvgIpc) is 2.59. The van der Waals surface area contributed by atoms with Crippen molar-refractivity contribution in [2.75, 3.05) is 0 Å². The molecule has 1 fully saturated rings. The predicted octanol–water partition coefficient (Wildman–Crippen LogP) is 3.16. The minimum absolute atomic E-state index is 0.234. The maximum absolute atomic E-state index is 6.03. The second-order valence-corrected chi connectivity index (χ2v) is 6.49.